The van der Waals surface area contributed by atoms with Crippen molar-refractivity contribution >= 4 is 16.8 Å². The lowest BCUT2D eigenvalue weighted by atomic mass is 10.1. The van der Waals surface area contributed by atoms with E-state index in [-0.39, 0.29) is 12.0 Å². The summed E-state index contributed by atoms with van der Waals surface area (Å²) in [6.45, 7) is 3.40. The normalized spacial score (nSPS) is 18.6. The number of ether oxygens (including phenoxy) is 1. The molecule has 1 amide bonds. The zero-order chi connectivity index (χ0) is 14.1. The molecule has 4 heteroatoms. The fourth-order valence-electron chi connectivity index (χ4n) is 2.91. The molecule has 20 heavy (non-hydrogen) atoms. The molecular formula is C16H20N2O2. The summed E-state index contributed by atoms with van der Waals surface area (Å²) in [4.78, 5) is 12.5. The van der Waals surface area contributed by atoms with Crippen LogP contribution in [0.1, 0.15) is 28.9 Å². The molecule has 4 nitrogen and oxygen atoms in total. The van der Waals surface area contributed by atoms with Gasteiger partial charge in [0.25, 0.3) is 5.91 Å². The molecule has 106 valence electrons. The Kier molecular flexibility index (Phi) is 3.49. The van der Waals surface area contributed by atoms with E-state index in [0.29, 0.717) is 6.54 Å². The second-order valence-electron chi connectivity index (χ2n) is 5.38. The van der Waals surface area contributed by atoms with E-state index in [1.165, 1.54) is 0 Å². The Hall–Kier alpha value is -1.81. The first kappa shape index (κ1) is 13.2. The third-order valence-corrected chi connectivity index (χ3v) is 4.14. The molecule has 0 bridgehead atoms. The number of benzene rings is 1. The van der Waals surface area contributed by atoms with Crippen molar-refractivity contribution < 1.29 is 9.53 Å². The van der Waals surface area contributed by atoms with E-state index in [1.807, 2.05) is 38.2 Å². The van der Waals surface area contributed by atoms with Crippen LogP contribution in [0.4, 0.5) is 0 Å². The maximum atomic E-state index is 12.5. The van der Waals surface area contributed by atoms with E-state index in [2.05, 4.69) is 9.88 Å². The van der Waals surface area contributed by atoms with Crippen LogP contribution in [-0.2, 0) is 11.8 Å². The van der Waals surface area contributed by atoms with Gasteiger partial charge in [0, 0.05) is 36.8 Å². The number of hydrogen-bond donors (Lipinski definition) is 1. The highest BCUT2D eigenvalue weighted by atomic mass is 16.5. The van der Waals surface area contributed by atoms with E-state index < -0.39 is 0 Å². The summed E-state index contributed by atoms with van der Waals surface area (Å²) in [5, 5.41) is 4.02. The van der Waals surface area contributed by atoms with Gasteiger partial charge in [0.15, 0.2) is 0 Å². The molecule has 1 atom stereocenters. The average molecular weight is 272 g/mol. The minimum atomic E-state index is -0.00481. The van der Waals surface area contributed by atoms with Gasteiger partial charge < -0.3 is 14.6 Å². The lowest BCUT2D eigenvalue weighted by molar-refractivity contribution is 0.0858. The lowest BCUT2D eigenvalue weighted by Gasteiger charge is -2.11. The van der Waals surface area contributed by atoms with Gasteiger partial charge in [-0.05, 0) is 25.8 Å². The molecule has 0 saturated carbocycles. The zero-order valence-electron chi connectivity index (χ0n) is 12.0. The van der Waals surface area contributed by atoms with Gasteiger partial charge >= 0.3 is 0 Å². The molecule has 0 aliphatic carbocycles. The predicted octanol–water partition coefficient (Wildman–Crippen LogP) is 2.40. The molecule has 0 radical (unpaired) electrons. The number of carbonyl (C=O) groups excluding carboxylic acids is 1. The van der Waals surface area contributed by atoms with Crippen molar-refractivity contribution in [2.45, 2.75) is 25.9 Å². The number of amides is 1. The van der Waals surface area contributed by atoms with Crippen LogP contribution in [0.3, 0.4) is 0 Å². The molecule has 1 N–H and O–H groups in total. The summed E-state index contributed by atoms with van der Waals surface area (Å²) in [6, 6.07) is 8.01. The highest BCUT2D eigenvalue weighted by Crippen LogP contribution is 2.24. The number of hydrogen-bond acceptors (Lipinski definition) is 2. The topological polar surface area (TPSA) is 43.3 Å². The molecule has 1 unspecified atom stereocenters. The molecule has 1 aromatic heterocycles. The predicted molar refractivity (Wildman–Crippen MR) is 79.0 cm³/mol. The van der Waals surface area contributed by atoms with E-state index in [4.69, 9.17) is 4.74 Å². The number of aryl methyl sites for hydroxylation is 1. The minimum Gasteiger partial charge on any atom is -0.376 e. The van der Waals surface area contributed by atoms with E-state index >= 15 is 0 Å². The number of nitrogens with zero attached hydrogens (tertiary/aromatic N) is 1. The van der Waals surface area contributed by atoms with Crippen LogP contribution >= 0.6 is 0 Å². The van der Waals surface area contributed by atoms with E-state index in [9.17, 15) is 4.79 Å². The van der Waals surface area contributed by atoms with Crippen molar-refractivity contribution in [2.75, 3.05) is 13.2 Å². The van der Waals surface area contributed by atoms with Gasteiger partial charge in [-0.2, -0.15) is 0 Å². The summed E-state index contributed by atoms with van der Waals surface area (Å²) < 4.78 is 7.61. The van der Waals surface area contributed by atoms with E-state index in [0.717, 1.165) is 41.6 Å². The molecule has 1 aliphatic heterocycles. The van der Waals surface area contributed by atoms with Crippen molar-refractivity contribution in [3.63, 3.8) is 0 Å². The van der Waals surface area contributed by atoms with Crippen molar-refractivity contribution in [1.82, 2.24) is 9.88 Å². The molecular weight excluding hydrogens is 252 g/mol. The molecule has 2 aromatic rings. The standard InChI is InChI=1S/C16H20N2O2/c1-11-15(13-7-3-4-8-14(13)18(11)2)16(19)17-10-12-6-5-9-20-12/h3-4,7-8,12H,5-6,9-10H2,1-2H3,(H,17,19). The zero-order valence-corrected chi connectivity index (χ0v) is 12.0. The quantitative estimate of drug-likeness (QED) is 0.932. The van der Waals surface area contributed by atoms with E-state index in [1.54, 1.807) is 0 Å². The molecule has 2 heterocycles. The number of carbonyl (C=O) groups is 1. The van der Waals surface area contributed by atoms with Crippen molar-refractivity contribution in [1.29, 1.82) is 0 Å². The Labute approximate surface area is 118 Å². The smallest absolute Gasteiger partial charge is 0.253 e. The van der Waals surface area contributed by atoms with Crippen LogP contribution in [0.2, 0.25) is 0 Å². The van der Waals surface area contributed by atoms with Crippen LogP contribution in [0.15, 0.2) is 24.3 Å². The summed E-state index contributed by atoms with van der Waals surface area (Å²) in [5.41, 5.74) is 2.87. The number of aromatic nitrogens is 1. The number of fused-ring (bicyclic) bond motifs is 1. The van der Waals surface area contributed by atoms with Crippen LogP contribution in [0, 0.1) is 6.92 Å². The average Bonchev–Trinajstić information content (AvgIpc) is 3.05. The number of rotatable bonds is 3. The van der Waals surface area contributed by atoms with Crippen LogP contribution in [0.5, 0.6) is 0 Å². The van der Waals surface area contributed by atoms with Gasteiger partial charge in [-0.25, -0.2) is 0 Å². The highest BCUT2D eigenvalue weighted by molar-refractivity contribution is 6.08. The Morgan fingerprint density at radius 1 is 1.45 bits per heavy atom. The van der Waals surface area contributed by atoms with Crippen molar-refractivity contribution in [2.24, 2.45) is 7.05 Å². The Morgan fingerprint density at radius 2 is 2.25 bits per heavy atom. The summed E-state index contributed by atoms with van der Waals surface area (Å²) in [6.07, 6.45) is 2.30. The first-order valence-electron chi connectivity index (χ1n) is 7.12. The van der Waals surface area contributed by atoms with Gasteiger partial charge in [-0.3, -0.25) is 4.79 Å². The summed E-state index contributed by atoms with van der Waals surface area (Å²) in [7, 11) is 1.99. The maximum Gasteiger partial charge on any atom is 0.253 e. The first-order chi connectivity index (χ1) is 9.68. The Balaban J connectivity index is 1.85. The third kappa shape index (κ3) is 2.20. The fraction of sp³-hybridized carbons (Fsp3) is 0.438. The largest absolute Gasteiger partial charge is 0.376 e. The van der Waals surface area contributed by atoms with Crippen LogP contribution < -0.4 is 5.32 Å². The molecule has 1 saturated heterocycles. The molecule has 1 fully saturated rings. The van der Waals surface area contributed by atoms with Gasteiger partial charge in [-0.15, -0.1) is 0 Å². The summed E-state index contributed by atoms with van der Waals surface area (Å²) in [5.74, 6) is -0.00481. The third-order valence-electron chi connectivity index (χ3n) is 4.14. The van der Waals surface area contributed by atoms with Crippen LogP contribution in [-0.4, -0.2) is 29.7 Å². The fourth-order valence-corrected chi connectivity index (χ4v) is 2.91. The van der Waals surface area contributed by atoms with Gasteiger partial charge in [0.05, 0.1) is 11.7 Å². The maximum absolute atomic E-state index is 12.5. The molecule has 1 aliphatic rings. The van der Waals surface area contributed by atoms with Crippen LogP contribution in [0.25, 0.3) is 10.9 Å². The number of para-hydroxylation sites is 1. The van der Waals surface area contributed by atoms with Gasteiger partial charge in [0.1, 0.15) is 0 Å². The first-order valence-corrected chi connectivity index (χ1v) is 7.12. The monoisotopic (exact) mass is 272 g/mol. The second kappa shape index (κ2) is 5.29. The second-order valence-corrected chi connectivity index (χ2v) is 5.38. The SMILES string of the molecule is Cc1c(C(=O)NCC2CCCO2)c2ccccc2n1C. The Morgan fingerprint density at radius 3 is 3.00 bits per heavy atom. The number of nitrogens with one attached hydrogen (secondary N) is 1. The highest BCUT2D eigenvalue weighted by Gasteiger charge is 2.20. The lowest BCUT2D eigenvalue weighted by Crippen LogP contribution is -2.32. The minimum absolute atomic E-state index is 0.00481. The van der Waals surface area contributed by atoms with Gasteiger partial charge in [0.2, 0.25) is 0 Å². The molecule has 3 rings (SSSR count). The van der Waals surface area contributed by atoms with Crippen molar-refractivity contribution in [3.05, 3.63) is 35.5 Å². The Bertz CT molecular complexity index is 639. The molecule has 1 aromatic carbocycles. The summed E-state index contributed by atoms with van der Waals surface area (Å²) >= 11 is 0. The molecule has 0 spiro atoms. The van der Waals surface area contributed by atoms with Gasteiger partial charge in [-0.1, -0.05) is 18.2 Å². The van der Waals surface area contributed by atoms with Crippen molar-refractivity contribution in [3.8, 4) is 0 Å².